The molecule has 1 saturated heterocycles. The smallest absolute Gasteiger partial charge is 0.243 e. The molecule has 0 radical (unpaired) electrons. The normalized spacial score (nSPS) is 20.3. The molecule has 11 heteroatoms. The quantitative estimate of drug-likeness (QED) is 0.179. The molecule has 0 aromatic heterocycles. The number of piperidine rings is 1. The summed E-state index contributed by atoms with van der Waals surface area (Å²) in [7, 11) is -0.413. The molecule has 0 bridgehead atoms. The van der Waals surface area contributed by atoms with Crippen LogP contribution in [0.15, 0.2) is 71.6 Å². The molecule has 5 rings (SSSR count). The van der Waals surface area contributed by atoms with Gasteiger partial charge in [0.1, 0.15) is 12.4 Å². The minimum atomic E-state index is -3.79. The zero-order valence-electron chi connectivity index (χ0n) is 30.0. The number of nitrogens with zero attached hydrogens (tertiary/aromatic N) is 2. The highest BCUT2D eigenvalue weighted by Crippen LogP contribution is 2.40. The summed E-state index contributed by atoms with van der Waals surface area (Å²) in [5.41, 5.74) is 5.40. The van der Waals surface area contributed by atoms with Gasteiger partial charge in [0.2, 0.25) is 10.0 Å². The Kier molecular flexibility index (Phi) is 14.1. The molecule has 10 nitrogen and oxygen atoms in total. The Morgan fingerprint density at radius 1 is 0.940 bits per heavy atom. The molecule has 50 heavy (non-hydrogen) atoms. The van der Waals surface area contributed by atoms with Gasteiger partial charge in [-0.1, -0.05) is 48.0 Å². The van der Waals surface area contributed by atoms with Gasteiger partial charge in [0.15, 0.2) is 0 Å². The zero-order chi connectivity index (χ0) is 35.5. The van der Waals surface area contributed by atoms with Gasteiger partial charge < -0.3 is 33.7 Å². The molecule has 0 amide bonds. The Morgan fingerprint density at radius 2 is 1.68 bits per heavy atom. The molecule has 0 unspecified atom stereocenters. The molecule has 3 aromatic rings. The number of sulfonamides is 1. The third-order valence-corrected chi connectivity index (χ3v) is 11.4. The number of ether oxygens (including phenoxy) is 5. The summed E-state index contributed by atoms with van der Waals surface area (Å²) in [5, 5.41) is 10.2. The maximum absolute atomic E-state index is 14.1. The number of hydrogen-bond donors (Lipinski definition) is 1. The van der Waals surface area contributed by atoms with Crippen LogP contribution in [0.25, 0.3) is 0 Å². The Balaban J connectivity index is 1.44. The average molecular weight is 711 g/mol. The standard InChI is InChI=1S/C39H54N2O8S/c1-29-6-15-35(16-7-29)50(43,44)41-25-34(14-8-31-11-17-37-36(24-31)40(19-21-48-37)18-5-20-45-3)39(38(26-41)49-27-30(2)42)33-12-9-32(10-13-33)28-47-23-22-46-4/h6-7,9-13,15-17,24,30,34,38-39,42H,5,8,14,18-23,25-28H2,1-4H3/t30-,34+,38-,39-/m1/s1. The van der Waals surface area contributed by atoms with Crippen molar-refractivity contribution in [3.05, 3.63) is 89.0 Å². The maximum atomic E-state index is 14.1. The molecule has 0 aliphatic carbocycles. The van der Waals surface area contributed by atoms with Gasteiger partial charge in [-0.05, 0) is 80.0 Å². The number of rotatable bonds is 18. The number of fused-ring (bicyclic) bond motifs is 1. The second kappa shape index (κ2) is 18.5. The number of aliphatic hydroxyl groups is 1. The SMILES string of the molecule is COCCCN1CCOc2ccc(CC[C@H]3CN(S(=O)(=O)c4ccc(C)cc4)C[C@@H](OC[C@@H](C)O)[C@@H]3c3ccc(COCCOC)cc3)cc21. The first kappa shape index (κ1) is 38.2. The Hall–Kier alpha value is -3.03. The molecule has 274 valence electrons. The minimum absolute atomic E-state index is 0.0585. The van der Waals surface area contributed by atoms with E-state index in [2.05, 4.69) is 47.4 Å². The lowest BCUT2D eigenvalue weighted by Crippen LogP contribution is -2.51. The number of hydrogen-bond acceptors (Lipinski definition) is 9. The molecular weight excluding hydrogens is 657 g/mol. The van der Waals surface area contributed by atoms with Crippen LogP contribution < -0.4 is 9.64 Å². The van der Waals surface area contributed by atoms with Crippen molar-refractivity contribution in [1.82, 2.24) is 4.31 Å². The van der Waals surface area contributed by atoms with E-state index in [1.54, 1.807) is 37.6 Å². The topological polar surface area (TPSA) is 107 Å². The highest BCUT2D eigenvalue weighted by molar-refractivity contribution is 7.89. The highest BCUT2D eigenvalue weighted by Gasteiger charge is 2.42. The summed E-state index contributed by atoms with van der Waals surface area (Å²) in [6, 6.07) is 21.8. The van der Waals surface area contributed by atoms with E-state index in [0.29, 0.717) is 39.6 Å². The number of benzene rings is 3. The first-order valence-corrected chi connectivity index (χ1v) is 19.1. The van der Waals surface area contributed by atoms with Gasteiger partial charge >= 0.3 is 0 Å². The van der Waals surface area contributed by atoms with Crippen molar-refractivity contribution in [2.45, 2.75) is 62.7 Å². The monoisotopic (exact) mass is 710 g/mol. The van der Waals surface area contributed by atoms with Gasteiger partial charge in [-0.15, -0.1) is 0 Å². The van der Waals surface area contributed by atoms with Crippen LogP contribution in [0.1, 0.15) is 47.9 Å². The van der Waals surface area contributed by atoms with Crippen molar-refractivity contribution in [2.75, 3.05) is 78.3 Å². The van der Waals surface area contributed by atoms with Crippen LogP contribution in [0.4, 0.5) is 5.69 Å². The molecular formula is C39H54N2O8S. The fourth-order valence-corrected chi connectivity index (χ4v) is 8.44. The zero-order valence-corrected chi connectivity index (χ0v) is 30.8. The number of anilines is 1. The second-order valence-electron chi connectivity index (χ2n) is 13.5. The highest BCUT2D eigenvalue weighted by atomic mass is 32.2. The minimum Gasteiger partial charge on any atom is -0.490 e. The lowest BCUT2D eigenvalue weighted by Gasteiger charge is -2.43. The van der Waals surface area contributed by atoms with Crippen LogP contribution in [0.2, 0.25) is 0 Å². The van der Waals surface area contributed by atoms with E-state index in [0.717, 1.165) is 60.5 Å². The van der Waals surface area contributed by atoms with E-state index < -0.39 is 22.2 Å². The Labute approximate surface area is 298 Å². The van der Waals surface area contributed by atoms with E-state index in [1.165, 1.54) is 5.56 Å². The summed E-state index contributed by atoms with van der Waals surface area (Å²) in [5.74, 6) is 0.742. The third-order valence-electron chi connectivity index (χ3n) is 9.57. The summed E-state index contributed by atoms with van der Waals surface area (Å²) in [4.78, 5) is 2.64. The first-order chi connectivity index (χ1) is 24.2. The van der Waals surface area contributed by atoms with Gasteiger partial charge in [-0.25, -0.2) is 8.42 Å². The van der Waals surface area contributed by atoms with Crippen LogP contribution in [0, 0.1) is 12.8 Å². The Bertz CT molecular complexity index is 1580. The van der Waals surface area contributed by atoms with Crippen molar-refractivity contribution >= 4 is 15.7 Å². The van der Waals surface area contributed by atoms with E-state index in [1.807, 2.05) is 19.1 Å². The Morgan fingerprint density at radius 3 is 2.40 bits per heavy atom. The van der Waals surface area contributed by atoms with Crippen molar-refractivity contribution in [2.24, 2.45) is 5.92 Å². The van der Waals surface area contributed by atoms with E-state index >= 15 is 0 Å². The first-order valence-electron chi connectivity index (χ1n) is 17.7. The third kappa shape index (κ3) is 10.1. The largest absolute Gasteiger partial charge is 0.490 e. The van der Waals surface area contributed by atoms with E-state index in [-0.39, 0.29) is 29.9 Å². The lowest BCUT2D eigenvalue weighted by molar-refractivity contribution is -0.0485. The molecule has 0 spiro atoms. The molecule has 2 aliphatic heterocycles. The van der Waals surface area contributed by atoms with Gasteiger partial charge in [0.05, 0.1) is 55.8 Å². The van der Waals surface area contributed by atoms with Gasteiger partial charge in [0.25, 0.3) is 0 Å². The average Bonchev–Trinajstić information content (AvgIpc) is 3.12. The lowest BCUT2D eigenvalue weighted by atomic mass is 9.76. The van der Waals surface area contributed by atoms with Crippen LogP contribution >= 0.6 is 0 Å². The van der Waals surface area contributed by atoms with Crippen LogP contribution in [0.3, 0.4) is 0 Å². The molecule has 2 heterocycles. The number of aryl methyl sites for hydroxylation is 2. The van der Waals surface area contributed by atoms with Crippen LogP contribution in [-0.2, 0) is 42.0 Å². The second-order valence-corrected chi connectivity index (χ2v) is 15.4. The fraction of sp³-hybridized carbons (Fsp3) is 0.538. The molecule has 3 aromatic carbocycles. The van der Waals surface area contributed by atoms with E-state index in [4.69, 9.17) is 23.7 Å². The van der Waals surface area contributed by atoms with E-state index in [9.17, 15) is 13.5 Å². The molecule has 4 atom stereocenters. The molecule has 2 aliphatic rings. The summed E-state index contributed by atoms with van der Waals surface area (Å²) in [6.07, 6.45) is 1.29. The summed E-state index contributed by atoms with van der Waals surface area (Å²) < 4.78 is 58.3. The van der Waals surface area contributed by atoms with Crippen molar-refractivity contribution in [3.8, 4) is 5.75 Å². The number of aliphatic hydroxyl groups excluding tert-OH is 1. The van der Waals surface area contributed by atoms with Crippen LogP contribution in [-0.4, -0.2) is 103 Å². The summed E-state index contributed by atoms with van der Waals surface area (Å²) >= 11 is 0. The maximum Gasteiger partial charge on any atom is 0.243 e. The summed E-state index contributed by atoms with van der Waals surface area (Å²) in [6.45, 7) is 8.90. The van der Waals surface area contributed by atoms with Gasteiger partial charge in [0, 0.05) is 46.4 Å². The molecule has 0 saturated carbocycles. The van der Waals surface area contributed by atoms with Crippen molar-refractivity contribution < 1.29 is 37.2 Å². The van der Waals surface area contributed by atoms with Gasteiger partial charge in [-0.2, -0.15) is 4.31 Å². The predicted molar refractivity (Wildman–Crippen MR) is 195 cm³/mol. The molecule has 1 N–H and O–H groups in total. The van der Waals surface area contributed by atoms with Crippen molar-refractivity contribution in [3.63, 3.8) is 0 Å². The number of methoxy groups -OCH3 is 2. The van der Waals surface area contributed by atoms with Crippen molar-refractivity contribution in [1.29, 1.82) is 0 Å². The molecule has 1 fully saturated rings. The van der Waals surface area contributed by atoms with Gasteiger partial charge in [-0.3, -0.25) is 0 Å². The predicted octanol–water partition coefficient (Wildman–Crippen LogP) is 5.20. The fourth-order valence-electron chi connectivity index (χ4n) is 6.93. The van der Waals surface area contributed by atoms with Crippen LogP contribution in [0.5, 0.6) is 5.75 Å².